The fraction of sp³-hybridized carbons (Fsp3) is 0.250. The number of nitrogens with zero attached hydrogens (tertiary/aromatic N) is 3. The van der Waals surface area contributed by atoms with E-state index in [1.54, 1.807) is 11.6 Å². The van der Waals surface area contributed by atoms with Gasteiger partial charge in [0, 0.05) is 4.47 Å². The molecule has 0 saturated heterocycles. The smallest absolute Gasteiger partial charge is 0.309 e. The second-order valence-electron chi connectivity index (χ2n) is 4.04. The molecule has 0 bridgehead atoms. The van der Waals surface area contributed by atoms with Crippen molar-refractivity contribution >= 4 is 21.9 Å². The van der Waals surface area contributed by atoms with Crippen molar-refractivity contribution in [1.29, 1.82) is 0 Å². The lowest BCUT2D eigenvalue weighted by atomic mass is 10.2. The number of aliphatic carboxylic acids is 1. The molecular formula is C12H12BrN3O2. The highest BCUT2D eigenvalue weighted by molar-refractivity contribution is 9.10. The van der Waals surface area contributed by atoms with Crippen LogP contribution in [0.3, 0.4) is 0 Å². The van der Waals surface area contributed by atoms with Crippen LogP contribution >= 0.6 is 15.9 Å². The standard InChI is InChI=1S/C12H12BrN3O2/c1-7-3-4-9(5-10(7)13)16-11(6-12(17)18)8(2)14-15-16/h3-5H,6H2,1-2H3,(H,17,18). The van der Waals surface area contributed by atoms with Gasteiger partial charge in [0.05, 0.1) is 23.5 Å². The number of carbonyl (C=O) groups is 1. The summed E-state index contributed by atoms with van der Waals surface area (Å²) in [5, 5.41) is 16.8. The summed E-state index contributed by atoms with van der Waals surface area (Å²) in [6.45, 7) is 3.74. The Balaban J connectivity index is 2.50. The predicted octanol–water partition coefficient (Wildman–Crippen LogP) is 2.27. The van der Waals surface area contributed by atoms with Crippen molar-refractivity contribution < 1.29 is 9.90 Å². The van der Waals surface area contributed by atoms with E-state index < -0.39 is 5.97 Å². The lowest BCUT2D eigenvalue weighted by Crippen LogP contribution is -2.09. The molecular weight excluding hydrogens is 298 g/mol. The number of aryl methyl sites for hydroxylation is 2. The second kappa shape index (κ2) is 4.89. The zero-order valence-corrected chi connectivity index (χ0v) is 11.6. The first kappa shape index (κ1) is 12.8. The maximum Gasteiger partial charge on any atom is 0.309 e. The Kier molecular flexibility index (Phi) is 3.47. The SMILES string of the molecule is Cc1ccc(-n2nnc(C)c2CC(=O)O)cc1Br. The molecule has 0 aliphatic rings. The van der Waals surface area contributed by atoms with Gasteiger partial charge in [0.25, 0.3) is 0 Å². The summed E-state index contributed by atoms with van der Waals surface area (Å²) in [5.74, 6) is -0.896. The molecule has 6 heteroatoms. The van der Waals surface area contributed by atoms with Crippen LogP contribution < -0.4 is 0 Å². The van der Waals surface area contributed by atoms with Crippen molar-refractivity contribution in [3.8, 4) is 5.69 Å². The molecule has 18 heavy (non-hydrogen) atoms. The Hall–Kier alpha value is -1.69. The molecule has 5 nitrogen and oxygen atoms in total. The molecule has 1 aromatic carbocycles. The lowest BCUT2D eigenvalue weighted by Gasteiger charge is -2.07. The molecule has 0 aliphatic heterocycles. The predicted molar refractivity (Wildman–Crippen MR) is 69.9 cm³/mol. The quantitative estimate of drug-likeness (QED) is 0.944. The number of carboxylic acid groups (broad SMARTS) is 1. The molecule has 1 N–H and O–H groups in total. The van der Waals surface area contributed by atoms with Crippen molar-refractivity contribution in [3.05, 3.63) is 39.6 Å². The van der Waals surface area contributed by atoms with Crippen LogP contribution in [0.2, 0.25) is 0 Å². The first-order valence-corrected chi connectivity index (χ1v) is 6.18. The number of carboxylic acids is 1. The minimum Gasteiger partial charge on any atom is -0.481 e. The second-order valence-corrected chi connectivity index (χ2v) is 4.89. The highest BCUT2D eigenvalue weighted by Gasteiger charge is 2.14. The largest absolute Gasteiger partial charge is 0.481 e. The summed E-state index contributed by atoms with van der Waals surface area (Å²) in [5.41, 5.74) is 3.13. The minimum absolute atomic E-state index is 0.0929. The van der Waals surface area contributed by atoms with Gasteiger partial charge in [-0.1, -0.05) is 27.2 Å². The van der Waals surface area contributed by atoms with Crippen LogP contribution in [0.15, 0.2) is 22.7 Å². The van der Waals surface area contributed by atoms with Crippen LogP contribution in [-0.2, 0) is 11.2 Å². The van der Waals surface area contributed by atoms with Crippen LogP contribution in [0.25, 0.3) is 5.69 Å². The number of hydrogen-bond acceptors (Lipinski definition) is 3. The van der Waals surface area contributed by atoms with Gasteiger partial charge in [-0.2, -0.15) is 0 Å². The summed E-state index contributed by atoms with van der Waals surface area (Å²) in [6.07, 6.45) is -0.0929. The summed E-state index contributed by atoms with van der Waals surface area (Å²) >= 11 is 3.45. The maximum atomic E-state index is 10.8. The normalized spacial score (nSPS) is 10.6. The first-order valence-electron chi connectivity index (χ1n) is 5.38. The third kappa shape index (κ3) is 2.43. The molecule has 2 aromatic rings. The van der Waals surface area contributed by atoms with Gasteiger partial charge in [0.2, 0.25) is 0 Å². The van der Waals surface area contributed by atoms with Crippen molar-refractivity contribution in [2.24, 2.45) is 0 Å². The summed E-state index contributed by atoms with van der Waals surface area (Å²) < 4.78 is 2.52. The average Bonchev–Trinajstić information content (AvgIpc) is 2.64. The van der Waals surface area contributed by atoms with Gasteiger partial charge in [0.15, 0.2) is 0 Å². The first-order chi connectivity index (χ1) is 8.49. The number of aromatic nitrogens is 3. The van der Waals surface area contributed by atoms with Crippen LogP contribution in [-0.4, -0.2) is 26.1 Å². The van der Waals surface area contributed by atoms with Crippen LogP contribution in [0.1, 0.15) is 17.0 Å². The van der Waals surface area contributed by atoms with E-state index in [1.807, 2.05) is 25.1 Å². The zero-order valence-electron chi connectivity index (χ0n) is 10.0. The van der Waals surface area contributed by atoms with E-state index in [2.05, 4.69) is 26.2 Å². The third-order valence-electron chi connectivity index (χ3n) is 2.68. The molecule has 1 heterocycles. The van der Waals surface area contributed by atoms with Gasteiger partial charge in [-0.15, -0.1) is 5.10 Å². The average molecular weight is 310 g/mol. The van der Waals surface area contributed by atoms with Crippen LogP contribution in [0, 0.1) is 13.8 Å². The molecule has 0 amide bonds. The molecule has 0 aliphatic carbocycles. The van der Waals surface area contributed by atoms with Gasteiger partial charge < -0.3 is 5.11 Å². The Morgan fingerprint density at radius 1 is 1.44 bits per heavy atom. The minimum atomic E-state index is -0.896. The summed E-state index contributed by atoms with van der Waals surface area (Å²) in [6, 6.07) is 5.73. The molecule has 94 valence electrons. The van der Waals surface area contributed by atoms with Crippen molar-refractivity contribution in [2.45, 2.75) is 20.3 Å². The molecule has 0 spiro atoms. The molecule has 1 aromatic heterocycles. The van der Waals surface area contributed by atoms with E-state index >= 15 is 0 Å². The van der Waals surface area contributed by atoms with Crippen molar-refractivity contribution in [3.63, 3.8) is 0 Å². The molecule has 0 atom stereocenters. The van der Waals surface area contributed by atoms with E-state index in [1.165, 1.54) is 0 Å². The molecule has 0 saturated carbocycles. The fourth-order valence-electron chi connectivity index (χ4n) is 1.64. The van der Waals surface area contributed by atoms with Gasteiger partial charge in [-0.3, -0.25) is 4.79 Å². The van der Waals surface area contributed by atoms with Gasteiger partial charge >= 0.3 is 5.97 Å². The van der Waals surface area contributed by atoms with Gasteiger partial charge in [-0.25, -0.2) is 4.68 Å². The van der Waals surface area contributed by atoms with Crippen molar-refractivity contribution in [1.82, 2.24) is 15.0 Å². The maximum absolute atomic E-state index is 10.8. The van der Waals surface area contributed by atoms with E-state index in [0.717, 1.165) is 15.7 Å². The Morgan fingerprint density at radius 3 is 2.78 bits per heavy atom. The van der Waals surface area contributed by atoms with Crippen LogP contribution in [0.5, 0.6) is 0 Å². The van der Waals surface area contributed by atoms with E-state index in [4.69, 9.17) is 5.11 Å². The third-order valence-corrected chi connectivity index (χ3v) is 3.53. The topological polar surface area (TPSA) is 68.0 Å². The van der Waals surface area contributed by atoms with Crippen LogP contribution in [0.4, 0.5) is 0 Å². The lowest BCUT2D eigenvalue weighted by molar-refractivity contribution is -0.136. The Bertz CT molecular complexity index is 607. The molecule has 0 radical (unpaired) electrons. The Morgan fingerprint density at radius 2 is 2.17 bits per heavy atom. The number of hydrogen-bond donors (Lipinski definition) is 1. The molecule has 0 fully saturated rings. The van der Waals surface area contributed by atoms with Crippen molar-refractivity contribution in [2.75, 3.05) is 0 Å². The summed E-state index contributed by atoms with van der Waals surface area (Å²) in [4.78, 5) is 10.8. The zero-order chi connectivity index (χ0) is 13.3. The molecule has 2 rings (SSSR count). The van der Waals surface area contributed by atoms with Gasteiger partial charge in [-0.05, 0) is 31.5 Å². The number of rotatable bonds is 3. The number of benzene rings is 1. The highest BCUT2D eigenvalue weighted by atomic mass is 79.9. The van der Waals surface area contributed by atoms with E-state index in [-0.39, 0.29) is 6.42 Å². The summed E-state index contributed by atoms with van der Waals surface area (Å²) in [7, 11) is 0. The van der Waals surface area contributed by atoms with E-state index in [9.17, 15) is 4.79 Å². The monoisotopic (exact) mass is 309 g/mol. The molecule has 0 unspecified atom stereocenters. The number of halogens is 1. The van der Waals surface area contributed by atoms with E-state index in [0.29, 0.717) is 11.4 Å². The van der Waals surface area contributed by atoms with Gasteiger partial charge in [0.1, 0.15) is 0 Å². The Labute approximate surface area is 113 Å². The highest BCUT2D eigenvalue weighted by Crippen LogP contribution is 2.21. The fourth-order valence-corrected chi connectivity index (χ4v) is 2.01.